The molecule has 1 aliphatic heterocycles. The lowest BCUT2D eigenvalue weighted by molar-refractivity contribution is -0.125. The average molecular weight is 554 g/mol. The lowest BCUT2D eigenvalue weighted by Gasteiger charge is -2.33. The van der Waals surface area contributed by atoms with Crippen molar-refractivity contribution in [2.75, 3.05) is 5.32 Å². The summed E-state index contributed by atoms with van der Waals surface area (Å²) in [4.78, 5) is 27.2. The Morgan fingerprint density at radius 1 is 1.03 bits per heavy atom. The highest BCUT2D eigenvalue weighted by Crippen LogP contribution is 2.42. The molecule has 2 aliphatic rings. The molecule has 4 rings (SSSR count). The largest absolute Gasteiger partial charge is 0.393 e. The first-order chi connectivity index (χ1) is 17.3. The number of aliphatic hydroxyl groups excluding tert-OH is 1. The van der Waals surface area contributed by atoms with Gasteiger partial charge < -0.3 is 21.1 Å². The second-order valence-corrected chi connectivity index (χ2v) is 12.0. The van der Waals surface area contributed by atoms with Crippen molar-refractivity contribution in [2.45, 2.75) is 70.2 Å². The van der Waals surface area contributed by atoms with Crippen molar-refractivity contribution in [3.63, 3.8) is 0 Å². The molecule has 2 fully saturated rings. The van der Waals surface area contributed by atoms with Crippen LogP contribution >= 0.6 is 23.2 Å². The molecule has 2 aromatic carbocycles. The topological polar surface area (TPSA) is 90.5 Å². The summed E-state index contributed by atoms with van der Waals surface area (Å²) in [5, 5.41) is 18.6. The van der Waals surface area contributed by atoms with E-state index in [1.807, 2.05) is 20.8 Å². The standard InChI is InChI=1S/C27H31Cl2F2N3O3/c1-27(2,3)12-21-23(25(36)32-14-5-7-20(31)18(29)11-14)22(13-4-6-19(30)17(28)8-13)24(34-21)26(37)33-15-9-16(35)10-15/h4-8,11,15-16,21-24,34-35H,9-10,12H2,1-3H3,(H,32,36)(H,33,37). The average Bonchev–Trinajstić information content (AvgIpc) is 3.14. The number of aliphatic hydroxyl groups is 1. The van der Waals surface area contributed by atoms with Crippen LogP contribution in [0.25, 0.3) is 0 Å². The second-order valence-electron chi connectivity index (χ2n) is 11.2. The van der Waals surface area contributed by atoms with Crippen molar-refractivity contribution >= 4 is 40.7 Å². The van der Waals surface area contributed by atoms with E-state index in [1.165, 1.54) is 30.3 Å². The van der Waals surface area contributed by atoms with Crippen molar-refractivity contribution in [3.8, 4) is 0 Å². The molecule has 37 heavy (non-hydrogen) atoms. The summed E-state index contributed by atoms with van der Waals surface area (Å²) in [7, 11) is 0. The van der Waals surface area contributed by atoms with Crippen molar-refractivity contribution in [2.24, 2.45) is 11.3 Å². The van der Waals surface area contributed by atoms with Gasteiger partial charge in [-0.3, -0.25) is 9.59 Å². The molecular formula is C27H31Cl2F2N3O3. The van der Waals surface area contributed by atoms with Crippen LogP contribution in [0.3, 0.4) is 0 Å². The zero-order valence-corrected chi connectivity index (χ0v) is 22.3. The fraction of sp³-hybridized carbons (Fsp3) is 0.481. The van der Waals surface area contributed by atoms with Gasteiger partial charge in [0.05, 0.1) is 28.1 Å². The SMILES string of the molecule is CC(C)(C)CC1NC(C(=O)NC2CC(O)C2)C(c2ccc(F)c(Cl)c2)C1C(=O)Nc1ccc(F)c(Cl)c1. The third-order valence-electron chi connectivity index (χ3n) is 6.97. The minimum Gasteiger partial charge on any atom is -0.393 e. The number of carbonyl (C=O) groups excluding carboxylic acids is 2. The fourth-order valence-corrected chi connectivity index (χ4v) is 5.61. The van der Waals surface area contributed by atoms with Gasteiger partial charge in [0.15, 0.2) is 0 Å². The first kappa shape index (κ1) is 27.8. The number of amides is 2. The highest BCUT2D eigenvalue weighted by molar-refractivity contribution is 6.31. The van der Waals surface area contributed by atoms with Gasteiger partial charge in [0, 0.05) is 23.7 Å². The Morgan fingerprint density at radius 3 is 2.22 bits per heavy atom. The lowest BCUT2D eigenvalue weighted by atomic mass is 9.76. The van der Waals surface area contributed by atoms with Gasteiger partial charge in [-0.15, -0.1) is 0 Å². The summed E-state index contributed by atoms with van der Waals surface area (Å²) >= 11 is 12.0. The number of hydrogen-bond donors (Lipinski definition) is 4. The van der Waals surface area contributed by atoms with Gasteiger partial charge in [-0.1, -0.05) is 50.0 Å². The van der Waals surface area contributed by atoms with E-state index in [0.717, 1.165) is 6.07 Å². The molecule has 0 aromatic heterocycles. The van der Waals surface area contributed by atoms with Gasteiger partial charge >= 0.3 is 0 Å². The summed E-state index contributed by atoms with van der Waals surface area (Å²) in [5.41, 5.74) is 0.670. The highest BCUT2D eigenvalue weighted by atomic mass is 35.5. The number of benzene rings is 2. The summed E-state index contributed by atoms with van der Waals surface area (Å²) in [6, 6.07) is 6.74. The molecule has 2 aromatic rings. The van der Waals surface area contributed by atoms with E-state index in [9.17, 15) is 23.5 Å². The van der Waals surface area contributed by atoms with E-state index >= 15 is 0 Å². The predicted molar refractivity (Wildman–Crippen MR) is 140 cm³/mol. The van der Waals surface area contributed by atoms with Crippen LogP contribution in [0.4, 0.5) is 14.5 Å². The number of carbonyl (C=O) groups is 2. The maximum atomic E-state index is 14.0. The van der Waals surface area contributed by atoms with Crippen LogP contribution in [0.5, 0.6) is 0 Å². The molecule has 1 saturated heterocycles. The molecule has 6 nitrogen and oxygen atoms in total. The zero-order valence-electron chi connectivity index (χ0n) is 20.8. The molecule has 4 atom stereocenters. The van der Waals surface area contributed by atoms with Crippen molar-refractivity contribution in [1.29, 1.82) is 0 Å². The molecule has 0 spiro atoms. The predicted octanol–water partition coefficient (Wildman–Crippen LogP) is 5.03. The zero-order chi connectivity index (χ0) is 27.1. The molecule has 0 radical (unpaired) electrons. The second kappa shape index (κ2) is 10.8. The van der Waals surface area contributed by atoms with Crippen LogP contribution in [0, 0.1) is 23.0 Å². The van der Waals surface area contributed by atoms with Gasteiger partial charge in [-0.2, -0.15) is 0 Å². The Kier molecular flexibility index (Phi) is 8.14. The van der Waals surface area contributed by atoms with Gasteiger partial charge in [0.2, 0.25) is 11.8 Å². The van der Waals surface area contributed by atoms with Crippen molar-refractivity contribution in [1.82, 2.24) is 10.6 Å². The van der Waals surface area contributed by atoms with E-state index in [0.29, 0.717) is 30.5 Å². The van der Waals surface area contributed by atoms with E-state index in [-0.39, 0.29) is 33.3 Å². The summed E-state index contributed by atoms with van der Waals surface area (Å²) < 4.78 is 27.7. The third-order valence-corrected chi connectivity index (χ3v) is 7.55. The van der Waals surface area contributed by atoms with E-state index < -0.39 is 41.7 Å². The lowest BCUT2D eigenvalue weighted by Crippen LogP contribution is -2.53. The van der Waals surface area contributed by atoms with E-state index in [2.05, 4.69) is 16.0 Å². The number of anilines is 1. The maximum absolute atomic E-state index is 14.0. The number of nitrogens with one attached hydrogen (secondary N) is 3. The fourth-order valence-electron chi connectivity index (χ4n) is 5.24. The van der Waals surface area contributed by atoms with Gasteiger partial charge in [0.1, 0.15) is 11.6 Å². The van der Waals surface area contributed by atoms with Crippen molar-refractivity contribution in [3.05, 3.63) is 63.6 Å². The van der Waals surface area contributed by atoms with E-state index in [1.54, 1.807) is 0 Å². The molecule has 2 amide bonds. The smallest absolute Gasteiger partial charge is 0.238 e. The number of rotatable bonds is 6. The van der Waals surface area contributed by atoms with Crippen molar-refractivity contribution < 1.29 is 23.5 Å². The molecule has 10 heteroatoms. The van der Waals surface area contributed by atoms with Gasteiger partial charge in [-0.25, -0.2) is 8.78 Å². The molecule has 4 N–H and O–H groups in total. The maximum Gasteiger partial charge on any atom is 0.238 e. The van der Waals surface area contributed by atoms with Crippen LogP contribution < -0.4 is 16.0 Å². The van der Waals surface area contributed by atoms with Crippen LogP contribution in [0.2, 0.25) is 10.0 Å². The van der Waals surface area contributed by atoms with Crippen LogP contribution in [-0.4, -0.2) is 41.2 Å². The Morgan fingerprint density at radius 2 is 1.65 bits per heavy atom. The van der Waals surface area contributed by atoms with Crippen LogP contribution in [0.15, 0.2) is 36.4 Å². The van der Waals surface area contributed by atoms with Gasteiger partial charge in [0.25, 0.3) is 0 Å². The number of hydrogen-bond acceptors (Lipinski definition) is 4. The summed E-state index contributed by atoms with van der Waals surface area (Å²) in [6.07, 6.45) is 1.05. The molecule has 1 aliphatic carbocycles. The summed E-state index contributed by atoms with van der Waals surface area (Å²) in [6.45, 7) is 6.11. The molecule has 200 valence electrons. The minimum absolute atomic E-state index is 0.109. The van der Waals surface area contributed by atoms with Crippen LogP contribution in [-0.2, 0) is 9.59 Å². The van der Waals surface area contributed by atoms with Gasteiger partial charge in [-0.05, 0) is 60.6 Å². The Bertz CT molecular complexity index is 1180. The first-order valence-electron chi connectivity index (χ1n) is 12.3. The third kappa shape index (κ3) is 6.42. The summed E-state index contributed by atoms with van der Waals surface area (Å²) in [5.74, 6) is -3.32. The quantitative estimate of drug-likeness (QED) is 0.404. The molecule has 1 saturated carbocycles. The Balaban J connectivity index is 1.71. The number of halogens is 4. The molecule has 4 unspecified atom stereocenters. The molecule has 0 bridgehead atoms. The highest BCUT2D eigenvalue weighted by Gasteiger charge is 2.51. The Labute approximate surface area is 225 Å². The monoisotopic (exact) mass is 553 g/mol. The normalized spacial score (nSPS) is 27.5. The first-order valence-corrected chi connectivity index (χ1v) is 13.0. The van der Waals surface area contributed by atoms with E-state index in [4.69, 9.17) is 23.2 Å². The molecular weight excluding hydrogens is 523 g/mol. The minimum atomic E-state index is -0.806. The molecule has 1 heterocycles. The van der Waals surface area contributed by atoms with Crippen LogP contribution in [0.1, 0.15) is 51.5 Å². The Hall–Kier alpha value is -2.26.